The van der Waals surface area contributed by atoms with E-state index in [1.54, 1.807) is 0 Å². The third-order valence-corrected chi connectivity index (χ3v) is 3.92. The molecule has 2 aromatic carbocycles. The van der Waals surface area contributed by atoms with Crippen LogP contribution >= 0.6 is 0 Å². The van der Waals surface area contributed by atoms with Crippen molar-refractivity contribution in [1.82, 2.24) is 5.32 Å². The lowest BCUT2D eigenvalue weighted by Gasteiger charge is -2.14. The van der Waals surface area contributed by atoms with E-state index in [-0.39, 0.29) is 6.10 Å². The first-order valence-electron chi connectivity index (χ1n) is 7.76. The second-order valence-electron chi connectivity index (χ2n) is 6.07. The zero-order chi connectivity index (χ0) is 14.7. The average molecular weight is 281 g/mol. The minimum absolute atomic E-state index is 0.220. The van der Waals surface area contributed by atoms with E-state index in [2.05, 4.69) is 61.6 Å². The van der Waals surface area contributed by atoms with Crippen LogP contribution in [0.4, 0.5) is 0 Å². The first kappa shape index (κ1) is 14.2. The Morgan fingerprint density at radius 1 is 1.05 bits per heavy atom. The summed E-state index contributed by atoms with van der Waals surface area (Å²) >= 11 is 0. The molecule has 0 saturated heterocycles. The van der Waals surface area contributed by atoms with Crippen molar-refractivity contribution in [3.63, 3.8) is 0 Å². The van der Waals surface area contributed by atoms with Gasteiger partial charge in [-0.2, -0.15) is 0 Å². The minimum Gasteiger partial charge on any atom is -0.491 e. The molecule has 2 heteroatoms. The minimum atomic E-state index is 0.220. The van der Waals surface area contributed by atoms with Crippen molar-refractivity contribution < 1.29 is 4.74 Å². The van der Waals surface area contributed by atoms with Crippen molar-refractivity contribution >= 4 is 0 Å². The number of nitrogens with one attached hydrogen (secondary N) is 1. The molecule has 1 aliphatic carbocycles. The molecule has 0 spiro atoms. The molecule has 0 radical (unpaired) electrons. The van der Waals surface area contributed by atoms with Gasteiger partial charge in [-0.3, -0.25) is 0 Å². The highest BCUT2D eigenvalue weighted by Crippen LogP contribution is 2.22. The normalized spacial score (nSPS) is 14.4. The summed E-state index contributed by atoms with van der Waals surface area (Å²) < 4.78 is 5.75. The SMILES string of the molecule is CC(C)Oc1cccc(CNC2Cc3ccccc3C2)c1. The largest absolute Gasteiger partial charge is 0.491 e. The fourth-order valence-electron chi connectivity index (χ4n) is 2.97. The zero-order valence-corrected chi connectivity index (χ0v) is 12.8. The second-order valence-corrected chi connectivity index (χ2v) is 6.07. The number of hydrogen-bond donors (Lipinski definition) is 1. The predicted octanol–water partition coefficient (Wildman–Crippen LogP) is 3.73. The van der Waals surface area contributed by atoms with Crippen LogP contribution in [0.5, 0.6) is 5.75 Å². The van der Waals surface area contributed by atoms with Crippen LogP contribution in [0.25, 0.3) is 0 Å². The molecule has 2 nitrogen and oxygen atoms in total. The van der Waals surface area contributed by atoms with E-state index in [0.29, 0.717) is 6.04 Å². The summed E-state index contributed by atoms with van der Waals surface area (Å²) in [7, 11) is 0. The molecule has 0 bridgehead atoms. The third-order valence-electron chi connectivity index (χ3n) is 3.92. The molecule has 0 aromatic heterocycles. The predicted molar refractivity (Wildman–Crippen MR) is 86.7 cm³/mol. The quantitative estimate of drug-likeness (QED) is 0.901. The molecular weight excluding hydrogens is 258 g/mol. The molecule has 0 unspecified atom stereocenters. The number of fused-ring (bicyclic) bond motifs is 1. The van der Waals surface area contributed by atoms with Crippen LogP contribution in [0.1, 0.15) is 30.5 Å². The standard InChI is InChI=1S/C19H23NO/c1-14(2)21-19-9-5-6-15(10-19)13-20-18-11-16-7-3-4-8-17(16)12-18/h3-10,14,18,20H,11-13H2,1-2H3. The summed E-state index contributed by atoms with van der Waals surface area (Å²) in [6, 6.07) is 17.7. The van der Waals surface area contributed by atoms with Crippen molar-refractivity contribution in [2.24, 2.45) is 0 Å². The van der Waals surface area contributed by atoms with E-state index in [1.807, 2.05) is 6.07 Å². The van der Waals surface area contributed by atoms with E-state index in [4.69, 9.17) is 4.74 Å². The van der Waals surface area contributed by atoms with E-state index in [9.17, 15) is 0 Å². The highest BCUT2D eigenvalue weighted by atomic mass is 16.5. The van der Waals surface area contributed by atoms with E-state index < -0.39 is 0 Å². The highest BCUT2D eigenvalue weighted by molar-refractivity contribution is 5.33. The molecule has 1 N–H and O–H groups in total. The number of ether oxygens (including phenoxy) is 1. The maximum atomic E-state index is 5.75. The molecular formula is C19H23NO. The molecule has 2 aromatic rings. The van der Waals surface area contributed by atoms with Crippen LogP contribution < -0.4 is 10.1 Å². The van der Waals surface area contributed by atoms with Crippen molar-refractivity contribution in [2.45, 2.75) is 45.4 Å². The van der Waals surface area contributed by atoms with Gasteiger partial charge in [-0.1, -0.05) is 36.4 Å². The van der Waals surface area contributed by atoms with Gasteiger partial charge in [0.05, 0.1) is 6.10 Å². The molecule has 0 heterocycles. The van der Waals surface area contributed by atoms with Crippen LogP contribution in [0, 0.1) is 0 Å². The Hall–Kier alpha value is -1.80. The maximum Gasteiger partial charge on any atom is 0.120 e. The van der Waals surface area contributed by atoms with Crippen LogP contribution in [0.2, 0.25) is 0 Å². The van der Waals surface area contributed by atoms with Crippen molar-refractivity contribution in [2.75, 3.05) is 0 Å². The number of benzene rings is 2. The maximum absolute atomic E-state index is 5.75. The molecule has 0 fully saturated rings. The van der Waals surface area contributed by atoms with Crippen LogP contribution in [-0.4, -0.2) is 12.1 Å². The molecule has 0 saturated carbocycles. The van der Waals surface area contributed by atoms with Gasteiger partial charge in [-0.15, -0.1) is 0 Å². The van der Waals surface area contributed by atoms with E-state index in [0.717, 1.165) is 25.1 Å². The Bertz CT molecular complexity index is 581. The van der Waals surface area contributed by atoms with E-state index in [1.165, 1.54) is 16.7 Å². The van der Waals surface area contributed by atoms with Gasteiger partial charge >= 0.3 is 0 Å². The lowest BCUT2D eigenvalue weighted by molar-refractivity contribution is 0.242. The summed E-state index contributed by atoms with van der Waals surface area (Å²) in [5, 5.41) is 3.67. The average Bonchev–Trinajstić information content (AvgIpc) is 2.87. The van der Waals surface area contributed by atoms with Gasteiger partial charge in [-0.05, 0) is 55.5 Å². The first-order chi connectivity index (χ1) is 10.2. The zero-order valence-electron chi connectivity index (χ0n) is 12.8. The Morgan fingerprint density at radius 2 is 1.76 bits per heavy atom. The lowest BCUT2D eigenvalue weighted by Crippen LogP contribution is -2.28. The van der Waals surface area contributed by atoms with Gasteiger partial charge in [0.2, 0.25) is 0 Å². The van der Waals surface area contributed by atoms with Crippen molar-refractivity contribution in [1.29, 1.82) is 0 Å². The lowest BCUT2D eigenvalue weighted by atomic mass is 10.1. The summed E-state index contributed by atoms with van der Waals surface area (Å²) in [5.74, 6) is 0.957. The Labute approximate surface area is 127 Å². The fourth-order valence-corrected chi connectivity index (χ4v) is 2.97. The number of rotatable bonds is 5. The molecule has 0 atom stereocenters. The van der Waals surface area contributed by atoms with Crippen LogP contribution in [0.15, 0.2) is 48.5 Å². The third kappa shape index (κ3) is 3.64. The van der Waals surface area contributed by atoms with Crippen molar-refractivity contribution in [3.8, 4) is 5.75 Å². The summed E-state index contributed by atoms with van der Waals surface area (Å²) in [5.41, 5.74) is 4.27. The van der Waals surface area contributed by atoms with Gasteiger partial charge in [0.25, 0.3) is 0 Å². The molecule has 21 heavy (non-hydrogen) atoms. The molecule has 0 aliphatic heterocycles. The topological polar surface area (TPSA) is 21.3 Å². The van der Waals surface area contributed by atoms with Crippen molar-refractivity contribution in [3.05, 3.63) is 65.2 Å². The first-order valence-corrected chi connectivity index (χ1v) is 7.76. The Balaban J connectivity index is 1.57. The Morgan fingerprint density at radius 3 is 2.43 bits per heavy atom. The van der Waals surface area contributed by atoms with Gasteiger partial charge in [0, 0.05) is 12.6 Å². The fraction of sp³-hybridized carbons (Fsp3) is 0.368. The number of hydrogen-bond acceptors (Lipinski definition) is 2. The molecule has 1 aliphatic rings. The molecule has 0 amide bonds. The van der Waals surface area contributed by atoms with E-state index >= 15 is 0 Å². The second kappa shape index (κ2) is 6.31. The van der Waals surface area contributed by atoms with Gasteiger partial charge in [0.1, 0.15) is 5.75 Å². The van der Waals surface area contributed by atoms with Gasteiger partial charge < -0.3 is 10.1 Å². The van der Waals surface area contributed by atoms with Crippen LogP contribution in [-0.2, 0) is 19.4 Å². The summed E-state index contributed by atoms with van der Waals surface area (Å²) in [6.45, 7) is 5.01. The monoisotopic (exact) mass is 281 g/mol. The molecule has 3 rings (SSSR count). The van der Waals surface area contributed by atoms with Crippen LogP contribution in [0.3, 0.4) is 0 Å². The smallest absolute Gasteiger partial charge is 0.120 e. The summed E-state index contributed by atoms with van der Waals surface area (Å²) in [4.78, 5) is 0. The van der Waals surface area contributed by atoms with Gasteiger partial charge in [-0.25, -0.2) is 0 Å². The highest BCUT2D eigenvalue weighted by Gasteiger charge is 2.20. The summed E-state index contributed by atoms with van der Waals surface area (Å²) in [6.07, 6.45) is 2.49. The molecule has 110 valence electrons. The Kier molecular flexibility index (Phi) is 4.26. The van der Waals surface area contributed by atoms with Gasteiger partial charge in [0.15, 0.2) is 0 Å².